The van der Waals surface area contributed by atoms with Crippen LogP contribution in [0.3, 0.4) is 0 Å². The predicted octanol–water partition coefficient (Wildman–Crippen LogP) is 2.62. The number of carbonyl (C=O) groups is 1. The van der Waals surface area contributed by atoms with Gasteiger partial charge in [0, 0.05) is 19.6 Å². The van der Waals surface area contributed by atoms with Gasteiger partial charge in [0.1, 0.15) is 11.5 Å². The topological polar surface area (TPSA) is 35.5 Å². The number of benzene rings is 1. The molecule has 2 aliphatic rings. The molecule has 19 heavy (non-hydrogen) atoms. The van der Waals surface area contributed by atoms with Crippen LogP contribution in [0.2, 0.25) is 0 Å². The Labute approximate surface area is 113 Å². The predicted molar refractivity (Wildman–Crippen MR) is 72.3 cm³/mol. The third-order valence-electron chi connectivity index (χ3n) is 4.17. The normalized spacial score (nSPS) is 23.5. The van der Waals surface area contributed by atoms with Gasteiger partial charge in [0.2, 0.25) is 0 Å². The van der Waals surface area contributed by atoms with Crippen LogP contribution in [0.15, 0.2) is 24.3 Å². The van der Waals surface area contributed by atoms with Gasteiger partial charge in [-0.05, 0) is 36.8 Å². The number of Topliss-reactive ketones (excluding diaryl/α,β-unsaturated/α-hetero) is 1. The third kappa shape index (κ3) is 2.98. The number of hydrogen-bond donors (Lipinski definition) is 0. The van der Waals surface area contributed by atoms with Gasteiger partial charge in [-0.2, -0.15) is 0 Å². The van der Waals surface area contributed by atoms with Crippen molar-refractivity contribution in [2.45, 2.75) is 25.7 Å². The summed E-state index contributed by atoms with van der Waals surface area (Å²) in [6.45, 7) is 2.16. The molecule has 0 bridgehead atoms. The van der Waals surface area contributed by atoms with E-state index in [1.165, 1.54) is 5.56 Å². The van der Waals surface area contributed by atoms with Crippen LogP contribution in [0.5, 0.6) is 5.75 Å². The summed E-state index contributed by atoms with van der Waals surface area (Å²) in [4.78, 5) is 12.4. The molecule has 0 amide bonds. The lowest BCUT2D eigenvalue weighted by molar-refractivity contribution is -0.125. The van der Waals surface area contributed by atoms with Crippen molar-refractivity contribution in [3.8, 4) is 5.75 Å². The average molecular weight is 260 g/mol. The van der Waals surface area contributed by atoms with Crippen molar-refractivity contribution >= 4 is 5.78 Å². The van der Waals surface area contributed by atoms with Crippen molar-refractivity contribution in [3.05, 3.63) is 29.8 Å². The Kier molecular flexibility index (Phi) is 3.83. The van der Waals surface area contributed by atoms with Crippen LogP contribution in [-0.4, -0.2) is 25.6 Å². The molecule has 3 nitrogen and oxygen atoms in total. The number of para-hydroxylation sites is 1. The quantitative estimate of drug-likeness (QED) is 0.838. The molecule has 0 radical (unpaired) electrons. The van der Waals surface area contributed by atoms with E-state index in [2.05, 4.69) is 6.07 Å². The highest BCUT2D eigenvalue weighted by Gasteiger charge is 2.28. The summed E-state index contributed by atoms with van der Waals surface area (Å²) in [5.41, 5.74) is 1.17. The molecule has 1 unspecified atom stereocenters. The molecule has 0 N–H and O–H groups in total. The van der Waals surface area contributed by atoms with Crippen molar-refractivity contribution in [3.63, 3.8) is 0 Å². The van der Waals surface area contributed by atoms with Crippen molar-refractivity contribution in [1.29, 1.82) is 0 Å². The molecule has 0 aromatic heterocycles. The van der Waals surface area contributed by atoms with Crippen molar-refractivity contribution in [1.82, 2.24) is 0 Å². The second kappa shape index (κ2) is 5.74. The first-order chi connectivity index (χ1) is 9.33. The molecule has 1 atom stereocenters. The summed E-state index contributed by atoms with van der Waals surface area (Å²) in [6.07, 6.45) is 3.57. The smallest absolute Gasteiger partial charge is 0.139 e. The lowest BCUT2D eigenvalue weighted by atomic mass is 9.86. The largest absolute Gasteiger partial charge is 0.493 e. The number of rotatable bonds is 3. The van der Waals surface area contributed by atoms with E-state index in [1.54, 1.807) is 0 Å². The molecule has 2 aliphatic heterocycles. The Morgan fingerprint density at radius 1 is 1.21 bits per heavy atom. The van der Waals surface area contributed by atoms with Gasteiger partial charge in [0.25, 0.3) is 0 Å². The minimum Gasteiger partial charge on any atom is -0.493 e. The highest BCUT2D eigenvalue weighted by molar-refractivity contribution is 5.82. The van der Waals surface area contributed by atoms with Crippen LogP contribution in [0, 0.1) is 11.8 Å². The standard InChI is InChI=1S/C16H20O3/c17-15(9-12-5-7-18-8-6-12)14-10-13-3-1-2-4-16(13)19-11-14/h1-4,12,14H,5-11H2. The molecular formula is C16H20O3. The zero-order valence-electron chi connectivity index (χ0n) is 11.1. The van der Waals surface area contributed by atoms with E-state index >= 15 is 0 Å². The minimum atomic E-state index is 0.0396. The summed E-state index contributed by atoms with van der Waals surface area (Å²) < 4.78 is 11.0. The van der Waals surface area contributed by atoms with Crippen molar-refractivity contribution < 1.29 is 14.3 Å². The van der Waals surface area contributed by atoms with Gasteiger partial charge < -0.3 is 9.47 Å². The van der Waals surface area contributed by atoms with Crippen molar-refractivity contribution in [2.24, 2.45) is 11.8 Å². The number of hydrogen-bond acceptors (Lipinski definition) is 3. The van der Waals surface area contributed by atoms with Crippen LogP contribution in [0.25, 0.3) is 0 Å². The average Bonchev–Trinajstić information content (AvgIpc) is 2.48. The monoisotopic (exact) mass is 260 g/mol. The van der Waals surface area contributed by atoms with Gasteiger partial charge in [-0.1, -0.05) is 18.2 Å². The van der Waals surface area contributed by atoms with Gasteiger partial charge in [-0.3, -0.25) is 4.79 Å². The lowest BCUT2D eigenvalue weighted by Crippen LogP contribution is -2.30. The molecule has 2 heterocycles. The Morgan fingerprint density at radius 2 is 2.00 bits per heavy atom. The Hall–Kier alpha value is -1.35. The Bertz CT molecular complexity index is 449. The summed E-state index contributed by atoms with van der Waals surface area (Å²) in [5, 5.41) is 0. The van der Waals surface area contributed by atoms with Gasteiger partial charge >= 0.3 is 0 Å². The van der Waals surface area contributed by atoms with E-state index in [0.29, 0.717) is 24.7 Å². The maximum atomic E-state index is 12.4. The Morgan fingerprint density at radius 3 is 2.84 bits per heavy atom. The molecule has 3 rings (SSSR count). The maximum absolute atomic E-state index is 12.4. The number of ketones is 1. The zero-order valence-corrected chi connectivity index (χ0v) is 11.1. The first-order valence-electron chi connectivity index (χ1n) is 7.14. The molecule has 1 aromatic rings. The van der Waals surface area contributed by atoms with E-state index in [-0.39, 0.29) is 5.92 Å². The maximum Gasteiger partial charge on any atom is 0.139 e. The molecule has 1 fully saturated rings. The second-order valence-corrected chi connectivity index (χ2v) is 5.55. The van der Waals surface area contributed by atoms with E-state index in [9.17, 15) is 4.79 Å². The molecule has 3 heteroatoms. The first-order valence-corrected chi connectivity index (χ1v) is 7.14. The summed E-state index contributed by atoms with van der Waals surface area (Å²) in [6, 6.07) is 8.02. The van der Waals surface area contributed by atoms with Crippen LogP contribution in [0.4, 0.5) is 0 Å². The van der Waals surface area contributed by atoms with Gasteiger partial charge in [-0.25, -0.2) is 0 Å². The fraction of sp³-hybridized carbons (Fsp3) is 0.562. The highest BCUT2D eigenvalue weighted by atomic mass is 16.5. The van der Waals surface area contributed by atoms with E-state index in [0.717, 1.165) is 38.2 Å². The molecule has 0 spiro atoms. The Balaban J connectivity index is 1.59. The second-order valence-electron chi connectivity index (χ2n) is 5.55. The number of fused-ring (bicyclic) bond motifs is 1. The SMILES string of the molecule is O=C(CC1CCOCC1)C1COc2ccccc2C1. The number of ether oxygens (including phenoxy) is 2. The summed E-state index contributed by atoms with van der Waals surface area (Å²) >= 11 is 0. The molecule has 0 aliphatic carbocycles. The fourth-order valence-corrected chi connectivity index (χ4v) is 2.94. The molecule has 0 saturated carbocycles. The third-order valence-corrected chi connectivity index (χ3v) is 4.17. The minimum absolute atomic E-state index is 0.0396. The van der Waals surface area contributed by atoms with E-state index < -0.39 is 0 Å². The van der Waals surface area contributed by atoms with Gasteiger partial charge in [0.15, 0.2) is 0 Å². The van der Waals surface area contributed by atoms with Crippen LogP contribution < -0.4 is 4.74 Å². The van der Waals surface area contributed by atoms with E-state index in [1.807, 2.05) is 18.2 Å². The highest BCUT2D eigenvalue weighted by Crippen LogP contribution is 2.29. The summed E-state index contributed by atoms with van der Waals surface area (Å²) in [5.74, 6) is 1.86. The fourth-order valence-electron chi connectivity index (χ4n) is 2.94. The number of carbonyl (C=O) groups excluding carboxylic acids is 1. The lowest BCUT2D eigenvalue weighted by Gasteiger charge is -2.27. The van der Waals surface area contributed by atoms with Crippen molar-refractivity contribution in [2.75, 3.05) is 19.8 Å². The van der Waals surface area contributed by atoms with Crippen LogP contribution in [-0.2, 0) is 16.0 Å². The van der Waals surface area contributed by atoms with E-state index in [4.69, 9.17) is 9.47 Å². The zero-order chi connectivity index (χ0) is 13.1. The summed E-state index contributed by atoms with van der Waals surface area (Å²) in [7, 11) is 0. The van der Waals surface area contributed by atoms with Gasteiger partial charge in [0.05, 0.1) is 12.5 Å². The van der Waals surface area contributed by atoms with Crippen LogP contribution in [0.1, 0.15) is 24.8 Å². The van der Waals surface area contributed by atoms with Gasteiger partial charge in [-0.15, -0.1) is 0 Å². The first kappa shape index (κ1) is 12.7. The molecule has 1 saturated heterocycles. The molecule has 102 valence electrons. The van der Waals surface area contributed by atoms with Crippen LogP contribution >= 0.6 is 0 Å². The molecular weight excluding hydrogens is 240 g/mol. The molecule has 1 aromatic carbocycles.